The van der Waals surface area contributed by atoms with Gasteiger partial charge in [0.15, 0.2) is 0 Å². The van der Waals surface area contributed by atoms with Gasteiger partial charge in [0.2, 0.25) is 10.0 Å². The molecule has 3 rings (SSSR count). The predicted octanol–water partition coefficient (Wildman–Crippen LogP) is 4.20. The van der Waals surface area contributed by atoms with Crippen molar-refractivity contribution >= 4 is 33.4 Å². The minimum Gasteiger partial charge on any atom is -0.351 e. The summed E-state index contributed by atoms with van der Waals surface area (Å²) in [5.74, 6) is 0.355. The van der Waals surface area contributed by atoms with Gasteiger partial charge in [-0.15, -0.1) is 0 Å². The van der Waals surface area contributed by atoms with Crippen LogP contribution in [0.3, 0.4) is 0 Å². The Morgan fingerprint density at radius 2 is 1.73 bits per heavy atom. The molecule has 0 aliphatic heterocycles. The highest BCUT2D eigenvalue weighted by molar-refractivity contribution is 7.99. The molecular weight excluding hydrogens is 423 g/mol. The van der Waals surface area contributed by atoms with E-state index in [1.54, 1.807) is 36.4 Å². The summed E-state index contributed by atoms with van der Waals surface area (Å²) >= 11 is 1.92. The average molecular weight is 451 g/mol. The molecule has 2 aromatic rings. The number of halogens is 1. The molecule has 1 fully saturated rings. The van der Waals surface area contributed by atoms with Gasteiger partial charge in [-0.2, -0.15) is 11.8 Å². The average Bonchev–Trinajstić information content (AvgIpc) is 3.23. The Labute approximate surface area is 182 Å². The maximum atomic E-state index is 13.1. The molecule has 30 heavy (non-hydrogen) atoms. The maximum Gasteiger partial charge on any atom is 0.251 e. The molecule has 5 nitrogen and oxygen atoms in total. The van der Waals surface area contributed by atoms with Crippen LogP contribution in [0.5, 0.6) is 0 Å². The lowest BCUT2D eigenvalue weighted by Crippen LogP contribution is -2.29. The predicted molar refractivity (Wildman–Crippen MR) is 121 cm³/mol. The van der Waals surface area contributed by atoms with Crippen molar-refractivity contribution in [3.8, 4) is 0 Å². The van der Waals surface area contributed by atoms with Crippen LogP contribution in [0, 0.1) is 5.82 Å². The van der Waals surface area contributed by atoms with Crippen molar-refractivity contribution in [1.29, 1.82) is 0 Å². The fourth-order valence-corrected chi connectivity index (χ4v) is 5.59. The molecule has 2 aromatic carbocycles. The number of anilines is 1. The molecule has 1 aliphatic rings. The molecular formula is C22H27FN2O3S2. The van der Waals surface area contributed by atoms with Gasteiger partial charge in [-0.05, 0) is 54.8 Å². The van der Waals surface area contributed by atoms with Crippen molar-refractivity contribution < 1.29 is 17.6 Å². The molecule has 0 unspecified atom stereocenters. The summed E-state index contributed by atoms with van der Waals surface area (Å²) in [6.07, 6.45) is 6.28. The first-order valence-corrected chi connectivity index (χ1v) is 12.9. The number of rotatable bonds is 9. The number of nitrogens with one attached hydrogen (secondary N) is 1. The van der Waals surface area contributed by atoms with Gasteiger partial charge in [0.05, 0.1) is 18.5 Å². The number of nitrogens with zero attached hydrogens (tertiary/aromatic N) is 1. The van der Waals surface area contributed by atoms with Gasteiger partial charge in [0.1, 0.15) is 5.82 Å². The normalized spacial score (nSPS) is 14.6. The number of amides is 1. The molecule has 0 atom stereocenters. The van der Waals surface area contributed by atoms with Crippen molar-refractivity contribution in [2.75, 3.05) is 22.9 Å². The standard InChI is InChI=1S/C22H27FN2O3S2/c1-30(27,28)25(16-17-6-10-19(23)11-7-17)20-12-8-18(9-13-20)22(26)24-14-15-29-21-4-2-3-5-21/h6-13,21H,2-5,14-16H2,1H3,(H,24,26). The monoisotopic (exact) mass is 450 g/mol. The molecule has 1 amide bonds. The molecule has 0 aromatic heterocycles. The maximum absolute atomic E-state index is 13.1. The second kappa shape index (κ2) is 10.3. The first kappa shape index (κ1) is 22.6. The number of thioether (sulfide) groups is 1. The van der Waals surface area contributed by atoms with Crippen LogP contribution >= 0.6 is 11.8 Å². The van der Waals surface area contributed by atoms with Crippen molar-refractivity contribution in [2.24, 2.45) is 0 Å². The number of hydrogen-bond acceptors (Lipinski definition) is 4. The van der Waals surface area contributed by atoms with Gasteiger partial charge in [0, 0.05) is 23.1 Å². The Balaban J connectivity index is 1.59. The highest BCUT2D eigenvalue weighted by Gasteiger charge is 2.19. The number of carbonyl (C=O) groups is 1. The Morgan fingerprint density at radius 3 is 2.33 bits per heavy atom. The molecule has 0 spiro atoms. The second-order valence-electron chi connectivity index (χ2n) is 7.48. The number of benzene rings is 2. The van der Waals surface area contributed by atoms with Crippen LogP contribution in [-0.2, 0) is 16.6 Å². The summed E-state index contributed by atoms with van der Waals surface area (Å²) in [4.78, 5) is 12.4. The lowest BCUT2D eigenvalue weighted by Gasteiger charge is -2.22. The van der Waals surface area contributed by atoms with E-state index >= 15 is 0 Å². The van der Waals surface area contributed by atoms with E-state index in [4.69, 9.17) is 0 Å². The zero-order valence-corrected chi connectivity index (χ0v) is 18.6. The highest BCUT2D eigenvalue weighted by Crippen LogP contribution is 2.29. The van der Waals surface area contributed by atoms with Crippen LogP contribution in [0.1, 0.15) is 41.6 Å². The fourth-order valence-electron chi connectivity index (χ4n) is 3.48. The Kier molecular flexibility index (Phi) is 7.77. The summed E-state index contributed by atoms with van der Waals surface area (Å²) in [6.45, 7) is 0.699. The first-order chi connectivity index (χ1) is 14.3. The summed E-state index contributed by atoms with van der Waals surface area (Å²) in [5.41, 5.74) is 1.61. The van der Waals surface area contributed by atoms with E-state index < -0.39 is 10.0 Å². The van der Waals surface area contributed by atoms with Crippen LogP contribution in [0.2, 0.25) is 0 Å². The molecule has 1 saturated carbocycles. The van der Waals surface area contributed by atoms with E-state index in [9.17, 15) is 17.6 Å². The lowest BCUT2D eigenvalue weighted by atomic mass is 10.1. The van der Waals surface area contributed by atoms with Gasteiger partial charge in [0.25, 0.3) is 5.91 Å². The zero-order valence-electron chi connectivity index (χ0n) is 17.0. The summed E-state index contributed by atoms with van der Waals surface area (Å²) in [6, 6.07) is 12.2. The summed E-state index contributed by atoms with van der Waals surface area (Å²) in [7, 11) is -3.55. The minimum absolute atomic E-state index is 0.0864. The number of carbonyl (C=O) groups excluding carboxylic acids is 1. The van der Waals surface area contributed by atoms with Gasteiger partial charge >= 0.3 is 0 Å². The molecule has 1 aliphatic carbocycles. The summed E-state index contributed by atoms with van der Waals surface area (Å²) < 4.78 is 38.9. The zero-order chi connectivity index (χ0) is 21.6. The quantitative estimate of drug-likeness (QED) is 0.582. The largest absolute Gasteiger partial charge is 0.351 e. The first-order valence-electron chi connectivity index (χ1n) is 10.0. The Bertz CT molecular complexity index is 941. The van der Waals surface area contributed by atoms with Gasteiger partial charge < -0.3 is 5.32 Å². The van der Waals surface area contributed by atoms with Crippen molar-refractivity contribution in [2.45, 2.75) is 37.5 Å². The molecule has 0 saturated heterocycles. The van der Waals surface area contributed by atoms with Crippen LogP contribution in [0.25, 0.3) is 0 Å². The van der Waals surface area contributed by atoms with E-state index in [2.05, 4.69) is 5.32 Å². The third-order valence-electron chi connectivity index (χ3n) is 5.10. The van der Waals surface area contributed by atoms with Crippen molar-refractivity contribution in [1.82, 2.24) is 5.32 Å². The van der Waals surface area contributed by atoms with Crippen LogP contribution < -0.4 is 9.62 Å². The minimum atomic E-state index is -3.55. The van der Waals surface area contributed by atoms with Gasteiger partial charge in [-0.3, -0.25) is 9.10 Å². The van der Waals surface area contributed by atoms with E-state index in [-0.39, 0.29) is 18.3 Å². The topological polar surface area (TPSA) is 66.5 Å². The molecule has 1 N–H and O–H groups in total. The fraction of sp³-hybridized carbons (Fsp3) is 0.409. The second-order valence-corrected chi connectivity index (χ2v) is 10.8. The highest BCUT2D eigenvalue weighted by atomic mass is 32.2. The van der Waals surface area contributed by atoms with E-state index in [0.717, 1.165) is 17.3 Å². The number of sulfonamides is 1. The van der Waals surface area contributed by atoms with Gasteiger partial charge in [-0.25, -0.2) is 12.8 Å². The molecule has 0 radical (unpaired) electrons. The van der Waals surface area contributed by atoms with E-state index in [0.29, 0.717) is 23.4 Å². The molecule has 0 bridgehead atoms. The third kappa shape index (κ3) is 6.47. The molecule has 0 heterocycles. The molecule has 162 valence electrons. The number of hydrogen-bond donors (Lipinski definition) is 1. The Hall–Kier alpha value is -2.06. The van der Waals surface area contributed by atoms with Crippen molar-refractivity contribution in [3.05, 3.63) is 65.5 Å². The van der Waals surface area contributed by atoms with E-state index in [1.165, 1.54) is 42.1 Å². The molecule has 8 heteroatoms. The smallest absolute Gasteiger partial charge is 0.251 e. The van der Waals surface area contributed by atoms with Crippen LogP contribution in [0.4, 0.5) is 10.1 Å². The van der Waals surface area contributed by atoms with E-state index in [1.807, 2.05) is 11.8 Å². The van der Waals surface area contributed by atoms with Crippen LogP contribution in [-0.4, -0.2) is 38.1 Å². The van der Waals surface area contributed by atoms with Crippen LogP contribution in [0.15, 0.2) is 48.5 Å². The SMILES string of the molecule is CS(=O)(=O)N(Cc1ccc(F)cc1)c1ccc(C(=O)NCCSC2CCCC2)cc1. The Morgan fingerprint density at radius 1 is 1.10 bits per heavy atom. The lowest BCUT2D eigenvalue weighted by molar-refractivity contribution is 0.0956. The van der Waals surface area contributed by atoms with Crippen molar-refractivity contribution in [3.63, 3.8) is 0 Å². The van der Waals surface area contributed by atoms with Gasteiger partial charge in [-0.1, -0.05) is 25.0 Å². The summed E-state index contributed by atoms with van der Waals surface area (Å²) in [5, 5.41) is 3.65. The third-order valence-corrected chi connectivity index (χ3v) is 7.62.